The van der Waals surface area contributed by atoms with Crippen molar-refractivity contribution in [3.05, 3.63) is 24.3 Å². The summed E-state index contributed by atoms with van der Waals surface area (Å²) in [5.74, 6) is 0.634. The molecule has 1 aromatic heterocycles. The molecule has 1 aromatic carbocycles. The lowest BCUT2D eigenvalue weighted by molar-refractivity contribution is 0.229. The molecule has 1 fully saturated rings. The number of H-pyrrole nitrogens is 1. The molecule has 20 heavy (non-hydrogen) atoms. The van der Waals surface area contributed by atoms with E-state index in [1.165, 1.54) is 25.9 Å². The van der Waals surface area contributed by atoms with Gasteiger partial charge in [0.05, 0.1) is 0 Å². The van der Waals surface area contributed by atoms with Gasteiger partial charge >= 0.3 is 0 Å². The van der Waals surface area contributed by atoms with Gasteiger partial charge in [-0.1, -0.05) is 19.1 Å². The molecular formula is C14H20N6. The van der Waals surface area contributed by atoms with E-state index in [4.69, 9.17) is 0 Å². The molecule has 6 nitrogen and oxygen atoms in total. The van der Waals surface area contributed by atoms with Crippen LogP contribution in [0.3, 0.4) is 0 Å². The minimum Gasteiger partial charge on any atom is -0.382 e. The third-order valence-electron chi connectivity index (χ3n) is 3.87. The van der Waals surface area contributed by atoms with Gasteiger partial charge in [-0.05, 0) is 36.7 Å². The van der Waals surface area contributed by atoms with Gasteiger partial charge in [-0.15, -0.1) is 10.2 Å². The second-order valence-corrected chi connectivity index (χ2v) is 5.17. The fourth-order valence-corrected chi connectivity index (χ4v) is 2.66. The highest BCUT2D eigenvalue weighted by molar-refractivity contribution is 5.61. The van der Waals surface area contributed by atoms with Crippen molar-refractivity contribution >= 4 is 5.69 Å². The van der Waals surface area contributed by atoms with E-state index in [-0.39, 0.29) is 0 Å². The number of aromatic amines is 1. The van der Waals surface area contributed by atoms with Crippen molar-refractivity contribution in [1.29, 1.82) is 0 Å². The zero-order valence-electron chi connectivity index (χ0n) is 11.7. The second-order valence-electron chi connectivity index (χ2n) is 5.17. The topological polar surface area (TPSA) is 69.7 Å². The van der Waals surface area contributed by atoms with Gasteiger partial charge in [0.2, 0.25) is 5.82 Å². The van der Waals surface area contributed by atoms with E-state index < -0.39 is 0 Å². The molecule has 0 unspecified atom stereocenters. The average molecular weight is 272 g/mol. The first-order valence-electron chi connectivity index (χ1n) is 7.18. The Morgan fingerprint density at radius 1 is 1.35 bits per heavy atom. The monoisotopic (exact) mass is 272 g/mol. The third kappa shape index (κ3) is 2.96. The number of tetrazole rings is 1. The first-order valence-corrected chi connectivity index (χ1v) is 7.18. The number of nitrogens with one attached hydrogen (secondary N) is 2. The summed E-state index contributed by atoms with van der Waals surface area (Å²) in [6.07, 6.45) is 2.39. The fraction of sp³-hybridized carbons (Fsp3) is 0.500. The molecule has 0 atom stereocenters. The number of piperidine rings is 1. The Labute approximate surface area is 118 Å². The maximum Gasteiger partial charge on any atom is 0.204 e. The largest absolute Gasteiger partial charge is 0.382 e. The molecule has 0 radical (unpaired) electrons. The smallest absolute Gasteiger partial charge is 0.204 e. The summed E-state index contributed by atoms with van der Waals surface area (Å²) >= 11 is 0. The van der Waals surface area contributed by atoms with Crippen LogP contribution < -0.4 is 5.32 Å². The molecule has 106 valence electrons. The third-order valence-corrected chi connectivity index (χ3v) is 3.87. The predicted molar refractivity (Wildman–Crippen MR) is 78.4 cm³/mol. The van der Waals surface area contributed by atoms with Crippen molar-refractivity contribution in [2.24, 2.45) is 0 Å². The van der Waals surface area contributed by atoms with E-state index in [1.807, 2.05) is 12.1 Å². The van der Waals surface area contributed by atoms with Crippen LogP contribution in [0.15, 0.2) is 24.3 Å². The Bertz CT molecular complexity index is 530. The van der Waals surface area contributed by atoms with Gasteiger partial charge in [-0.3, -0.25) is 0 Å². The number of nitrogens with zero attached hydrogens (tertiary/aromatic N) is 4. The molecule has 2 aromatic rings. The molecule has 1 saturated heterocycles. The Morgan fingerprint density at radius 3 is 2.90 bits per heavy atom. The van der Waals surface area contributed by atoms with Crippen LogP contribution in [-0.4, -0.2) is 51.2 Å². The van der Waals surface area contributed by atoms with Crippen LogP contribution in [0.5, 0.6) is 0 Å². The quantitative estimate of drug-likeness (QED) is 0.887. The Kier molecular flexibility index (Phi) is 3.92. The molecule has 3 rings (SSSR count). The molecule has 1 aliphatic heterocycles. The van der Waals surface area contributed by atoms with Crippen LogP contribution in [0.25, 0.3) is 11.4 Å². The van der Waals surface area contributed by atoms with Crippen LogP contribution in [0.2, 0.25) is 0 Å². The molecule has 6 heteroatoms. The Morgan fingerprint density at radius 2 is 2.20 bits per heavy atom. The number of aromatic nitrogens is 4. The minimum atomic E-state index is 0.554. The number of anilines is 1. The summed E-state index contributed by atoms with van der Waals surface area (Å²) in [5, 5.41) is 17.7. The Balaban J connectivity index is 1.65. The van der Waals surface area contributed by atoms with Crippen LogP contribution in [-0.2, 0) is 0 Å². The highest BCUT2D eigenvalue weighted by Crippen LogP contribution is 2.21. The van der Waals surface area contributed by atoms with Crippen molar-refractivity contribution in [3.63, 3.8) is 0 Å². The molecule has 0 amide bonds. The van der Waals surface area contributed by atoms with Crippen LogP contribution in [0.1, 0.15) is 19.8 Å². The number of likely N-dealkylation sites (tertiary alicyclic amines) is 1. The van der Waals surface area contributed by atoms with Crippen LogP contribution >= 0.6 is 0 Å². The zero-order chi connectivity index (χ0) is 13.8. The standard InChI is InChI=1S/C14H20N6/c1-2-20-8-6-12(7-9-20)15-13-5-3-4-11(10-13)14-16-18-19-17-14/h3-5,10,12,15H,2,6-9H2,1H3,(H,16,17,18,19). The van der Waals surface area contributed by atoms with Crippen LogP contribution in [0, 0.1) is 0 Å². The van der Waals surface area contributed by atoms with Gasteiger partial charge in [0.1, 0.15) is 0 Å². The van der Waals surface area contributed by atoms with Gasteiger partial charge in [0.25, 0.3) is 0 Å². The summed E-state index contributed by atoms with van der Waals surface area (Å²) in [7, 11) is 0. The van der Waals surface area contributed by atoms with Crippen molar-refractivity contribution in [2.75, 3.05) is 25.0 Å². The van der Waals surface area contributed by atoms with E-state index in [1.54, 1.807) is 0 Å². The molecule has 0 aliphatic carbocycles. The highest BCUT2D eigenvalue weighted by atomic mass is 15.5. The summed E-state index contributed by atoms with van der Waals surface area (Å²) in [6.45, 7) is 5.74. The van der Waals surface area contributed by atoms with E-state index in [9.17, 15) is 0 Å². The Hall–Kier alpha value is -1.95. The predicted octanol–water partition coefficient (Wildman–Crippen LogP) is 1.76. The first kappa shape index (κ1) is 13.1. The van der Waals surface area contributed by atoms with Crippen molar-refractivity contribution < 1.29 is 0 Å². The molecule has 0 spiro atoms. The lowest BCUT2D eigenvalue weighted by atomic mass is 10.0. The second kappa shape index (κ2) is 6.00. The van der Waals surface area contributed by atoms with Gasteiger partial charge in [-0.25, -0.2) is 0 Å². The normalized spacial score (nSPS) is 17.2. The maximum absolute atomic E-state index is 4.01. The van der Waals surface area contributed by atoms with Crippen LogP contribution in [0.4, 0.5) is 5.69 Å². The van der Waals surface area contributed by atoms with E-state index in [0.717, 1.165) is 17.8 Å². The van der Waals surface area contributed by atoms with E-state index in [2.05, 4.69) is 49.9 Å². The molecule has 0 bridgehead atoms. The number of benzene rings is 1. The molecule has 2 heterocycles. The summed E-state index contributed by atoms with van der Waals surface area (Å²) in [4.78, 5) is 2.49. The minimum absolute atomic E-state index is 0.554. The SMILES string of the molecule is CCN1CCC(Nc2cccc(-c3nn[nH]n3)c2)CC1. The van der Waals surface area contributed by atoms with Crippen molar-refractivity contribution in [3.8, 4) is 11.4 Å². The van der Waals surface area contributed by atoms with Gasteiger partial charge in [0, 0.05) is 30.4 Å². The van der Waals surface area contributed by atoms with Crippen molar-refractivity contribution in [1.82, 2.24) is 25.5 Å². The van der Waals surface area contributed by atoms with Gasteiger partial charge < -0.3 is 10.2 Å². The molecule has 0 saturated carbocycles. The molecule has 1 aliphatic rings. The first-order chi connectivity index (χ1) is 9.85. The number of hydrogen-bond acceptors (Lipinski definition) is 5. The van der Waals surface area contributed by atoms with E-state index >= 15 is 0 Å². The average Bonchev–Trinajstić information content (AvgIpc) is 3.03. The number of rotatable bonds is 4. The van der Waals surface area contributed by atoms with E-state index in [0.29, 0.717) is 11.9 Å². The summed E-state index contributed by atoms with van der Waals surface area (Å²) < 4.78 is 0. The lowest BCUT2D eigenvalue weighted by Crippen LogP contribution is -2.38. The fourth-order valence-electron chi connectivity index (χ4n) is 2.66. The van der Waals surface area contributed by atoms with Crippen molar-refractivity contribution in [2.45, 2.75) is 25.8 Å². The number of hydrogen-bond donors (Lipinski definition) is 2. The zero-order valence-corrected chi connectivity index (χ0v) is 11.7. The maximum atomic E-state index is 4.01. The summed E-state index contributed by atoms with van der Waals surface area (Å²) in [6, 6.07) is 8.75. The van der Waals surface area contributed by atoms with Gasteiger partial charge in [-0.2, -0.15) is 5.21 Å². The molecule has 2 N–H and O–H groups in total. The van der Waals surface area contributed by atoms with Gasteiger partial charge in [0.15, 0.2) is 0 Å². The lowest BCUT2D eigenvalue weighted by Gasteiger charge is -2.32. The molecular weight excluding hydrogens is 252 g/mol. The highest BCUT2D eigenvalue weighted by Gasteiger charge is 2.17. The summed E-state index contributed by atoms with van der Waals surface area (Å²) in [5.41, 5.74) is 2.11.